The molecule has 1 aromatic rings. The van der Waals surface area contributed by atoms with Gasteiger partial charge >= 0.3 is 0 Å². The van der Waals surface area contributed by atoms with Crippen molar-refractivity contribution in [2.75, 3.05) is 5.73 Å². The van der Waals surface area contributed by atoms with E-state index in [2.05, 4.69) is 9.97 Å². The fraction of sp³-hybridized carbons (Fsp3) is 0.500. The number of hydrogen-bond donors (Lipinski definition) is 1. The van der Waals surface area contributed by atoms with Crippen LogP contribution in [0.3, 0.4) is 0 Å². The summed E-state index contributed by atoms with van der Waals surface area (Å²) in [6.45, 7) is 5.55. The summed E-state index contributed by atoms with van der Waals surface area (Å²) >= 11 is 5.65. The van der Waals surface area contributed by atoms with E-state index in [9.17, 15) is 0 Å². The minimum atomic E-state index is 0.0210. The van der Waals surface area contributed by atoms with Gasteiger partial charge in [0.15, 0.2) is 0 Å². The van der Waals surface area contributed by atoms with Gasteiger partial charge in [0, 0.05) is 0 Å². The monoisotopic (exact) mass is 201 g/mol. The van der Waals surface area contributed by atoms with Crippen LogP contribution in [0.1, 0.15) is 19.5 Å². The molecule has 0 aliphatic heterocycles. The van der Waals surface area contributed by atoms with Crippen molar-refractivity contribution < 1.29 is 4.74 Å². The lowest BCUT2D eigenvalue weighted by atomic mass is 10.3. The number of nitrogens with zero attached hydrogens (tertiary/aromatic N) is 2. The molecule has 5 heteroatoms. The predicted molar refractivity (Wildman–Crippen MR) is 52.0 cm³/mol. The number of hydrogen-bond acceptors (Lipinski definition) is 4. The fourth-order valence-corrected chi connectivity index (χ4v) is 1.04. The molecular weight excluding hydrogens is 190 g/mol. The van der Waals surface area contributed by atoms with Gasteiger partial charge in [-0.3, -0.25) is 0 Å². The van der Waals surface area contributed by atoms with Crippen molar-refractivity contribution in [2.24, 2.45) is 0 Å². The molecule has 0 radical (unpaired) electrons. The van der Waals surface area contributed by atoms with E-state index in [1.54, 1.807) is 6.92 Å². The van der Waals surface area contributed by atoms with Gasteiger partial charge in [0.2, 0.25) is 11.2 Å². The Hall–Kier alpha value is -1.03. The highest BCUT2D eigenvalue weighted by Gasteiger charge is 2.09. The Labute approximate surface area is 82.1 Å². The van der Waals surface area contributed by atoms with E-state index in [1.807, 2.05) is 13.8 Å². The Morgan fingerprint density at radius 3 is 2.54 bits per heavy atom. The van der Waals surface area contributed by atoms with Gasteiger partial charge in [-0.2, -0.15) is 4.98 Å². The van der Waals surface area contributed by atoms with Crippen molar-refractivity contribution in [3.8, 4) is 5.88 Å². The van der Waals surface area contributed by atoms with Crippen LogP contribution in [0.5, 0.6) is 5.88 Å². The van der Waals surface area contributed by atoms with Gasteiger partial charge in [-0.1, -0.05) is 0 Å². The third-order valence-electron chi connectivity index (χ3n) is 1.42. The molecule has 1 aromatic heterocycles. The van der Waals surface area contributed by atoms with E-state index < -0.39 is 0 Å². The first kappa shape index (κ1) is 10.1. The summed E-state index contributed by atoms with van der Waals surface area (Å²) in [5.74, 6) is 0.354. The molecule has 0 saturated carbocycles. The van der Waals surface area contributed by atoms with Crippen LogP contribution in [0.25, 0.3) is 0 Å². The topological polar surface area (TPSA) is 61.0 Å². The Morgan fingerprint density at radius 1 is 1.38 bits per heavy atom. The highest BCUT2D eigenvalue weighted by Crippen LogP contribution is 2.23. The second-order valence-corrected chi connectivity index (χ2v) is 3.30. The van der Waals surface area contributed by atoms with Crippen LogP contribution in [0.2, 0.25) is 5.28 Å². The molecule has 0 aliphatic carbocycles. The molecule has 1 heterocycles. The number of aryl methyl sites for hydroxylation is 1. The van der Waals surface area contributed by atoms with Crippen molar-refractivity contribution in [2.45, 2.75) is 26.9 Å². The Balaban J connectivity index is 3.05. The van der Waals surface area contributed by atoms with Crippen LogP contribution in [-0.4, -0.2) is 16.1 Å². The van der Waals surface area contributed by atoms with E-state index in [0.717, 1.165) is 0 Å². The van der Waals surface area contributed by atoms with Crippen LogP contribution in [0.4, 0.5) is 5.69 Å². The third kappa shape index (κ3) is 2.45. The van der Waals surface area contributed by atoms with Crippen LogP contribution >= 0.6 is 11.6 Å². The summed E-state index contributed by atoms with van der Waals surface area (Å²) in [7, 11) is 0. The van der Waals surface area contributed by atoms with Gasteiger partial charge in [-0.25, -0.2) is 4.98 Å². The van der Waals surface area contributed by atoms with Crippen molar-refractivity contribution in [3.63, 3.8) is 0 Å². The van der Waals surface area contributed by atoms with Gasteiger partial charge in [0.25, 0.3) is 0 Å². The fourth-order valence-electron chi connectivity index (χ4n) is 0.835. The summed E-state index contributed by atoms with van der Waals surface area (Å²) < 4.78 is 5.35. The van der Waals surface area contributed by atoms with E-state index >= 15 is 0 Å². The van der Waals surface area contributed by atoms with Gasteiger partial charge in [-0.15, -0.1) is 0 Å². The molecule has 13 heavy (non-hydrogen) atoms. The average molecular weight is 202 g/mol. The molecule has 4 nitrogen and oxygen atoms in total. The number of anilines is 1. The smallest absolute Gasteiger partial charge is 0.242 e. The lowest BCUT2D eigenvalue weighted by Gasteiger charge is -2.11. The second-order valence-electron chi connectivity index (χ2n) is 2.96. The Bertz CT molecular complexity index is 315. The number of nitrogens with two attached hydrogens (primary N) is 1. The Morgan fingerprint density at radius 2 is 2.00 bits per heavy atom. The Kier molecular flexibility index (Phi) is 2.93. The number of rotatable bonds is 2. The van der Waals surface area contributed by atoms with Crippen LogP contribution in [0.15, 0.2) is 0 Å². The molecule has 0 aromatic carbocycles. The van der Waals surface area contributed by atoms with Gasteiger partial charge in [0.1, 0.15) is 5.69 Å². The molecule has 1 rings (SSSR count). The lowest BCUT2D eigenvalue weighted by Crippen LogP contribution is -2.10. The highest BCUT2D eigenvalue weighted by molar-refractivity contribution is 6.28. The molecule has 72 valence electrons. The quantitative estimate of drug-likeness (QED) is 0.742. The molecule has 0 bridgehead atoms. The molecule has 0 unspecified atom stereocenters. The first-order valence-corrected chi connectivity index (χ1v) is 4.34. The SMILES string of the molecule is Cc1nc(Cl)nc(OC(C)C)c1N. The first-order valence-electron chi connectivity index (χ1n) is 3.97. The van der Waals surface area contributed by atoms with E-state index in [4.69, 9.17) is 22.1 Å². The van der Waals surface area contributed by atoms with E-state index in [-0.39, 0.29) is 11.4 Å². The molecular formula is C8H12ClN3O. The summed E-state index contributed by atoms with van der Waals surface area (Å²) in [4.78, 5) is 7.77. The van der Waals surface area contributed by atoms with Gasteiger partial charge in [0.05, 0.1) is 11.8 Å². The minimum absolute atomic E-state index is 0.0210. The minimum Gasteiger partial charge on any atom is -0.473 e. The zero-order chi connectivity index (χ0) is 10.0. The maximum Gasteiger partial charge on any atom is 0.242 e. The number of aromatic nitrogens is 2. The number of halogens is 1. The largest absolute Gasteiger partial charge is 0.473 e. The first-order chi connectivity index (χ1) is 6.00. The number of ether oxygens (including phenoxy) is 1. The summed E-state index contributed by atoms with van der Waals surface area (Å²) in [6, 6.07) is 0. The molecule has 0 spiro atoms. The van der Waals surface area contributed by atoms with Crippen LogP contribution < -0.4 is 10.5 Å². The van der Waals surface area contributed by atoms with Gasteiger partial charge < -0.3 is 10.5 Å². The van der Waals surface area contributed by atoms with E-state index in [1.165, 1.54) is 0 Å². The standard InChI is InChI=1S/C8H12ClN3O/c1-4(2)13-7-6(10)5(3)11-8(9)12-7/h4H,10H2,1-3H3. The molecule has 0 saturated heterocycles. The molecule has 0 amide bonds. The average Bonchev–Trinajstić information content (AvgIpc) is 1.98. The van der Waals surface area contributed by atoms with Crippen molar-refractivity contribution >= 4 is 17.3 Å². The van der Waals surface area contributed by atoms with Crippen LogP contribution in [-0.2, 0) is 0 Å². The normalized spacial score (nSPS) is 10.5. The van der Waals surface area contributed by atoms with Gasteiger partial charge in [-0.05, 0) is 32.4 Å². The van der Waals surface area contributed by atoms with Crippen molar-refractivity contribution in [1.82, 2.24) is 9.97 Å². The third-order valence-corrected chi connectivity index (χ3v) is 1.59. The summed E-state index contributed by atoms with van der Waals surface area (Å²) in [6.07, 6.45) is 0.0210. The molecule has 0 fully saturated rings. The van der Waals surface area contributed by atoms with Crippen molar-refractivity contribution in [3.05, 3.63) is 11.0 Å². The predicted octanol–water partition coefficient (Wildman–Crippen LogP) is 1.81. The number of nitrogen functional groups attached to an aromatic ring is 1. The maximum atomic E-state index is 5.69. The molecule has 0 aliphatic rings. The zero-order valence-electron chi connectivity index (χ0n) is 7.84. The molecule has 2 N–H and O–H groups in total. The molecule has 0 atom stereocenters. The lowest BCUT2D eigenvalue weighted by molar-refractivity contribution is 0.233. The van der Waals surface area contributed by atoms with E-state index in [0.29, 0.717) is 17.3 Å². The maximum absolute atomic E-state index is 5.69. The van der Waals surface area contributed by atoms with Crippen molar-refractivity contribution in [1.29, 1.82) is 0 Å². The second kappa shape index (κ2) is 3.79. The summed E-state index contributed by atoms with van der Waals surface area (Å²) in [5.41, 5.74) is 6.77. The highest BCUT2D eigenvalue weighted by atomic mass is 35.5. The van der Waals surface area contributed by atoms with Crippen LogP contribution in [0, 0.1) is 6.92 Å². The zero-order valence-corrected chi connectivity index (χ0v) is 8.59. The summed E-state index contributed by atoms with van der Waals surface area (Å²) in [5, 5.41) is 0.155.